The van der Waals surface area contributed by atoms with Gasteiger partial charge in [-0.25, -0.2) is 0 Å². The minimum absolute atomic E-state index is 0.0592. The van der Waals surface area contributed by atoms with Crippen LogP contribution >= 0.6 is 0 Å². The van der Waals surface area contributed by atoms with Crippen molar-refractivity contribution in [1.82, 2.24) is 4.90 Å². The van der Waals surface area contributed by atoms with E-state index >= 15 is 0 Å². The first kappa shape index (κ1) is 15.1. The number of amides is 1. The van der Waals surface area contributed by atoms with Crippen molar-refractivity contribution in [2.45, 2.75) is 63.9 Å². The summed E-state index contributed by atoms with van der Waals surface area (Å²) in [6, 6.07) is 0. The third-order valence-electron chi connectivity index (χ3n) is 5.91. The van der Waals surface area contributed by atoms with E-state index in [1.54, 1.807) is 0 Å². The highest BCUT2D eigenvalue weighted by atomic mass is 16.5. The van der Waals surface area contributed by atoms with Gasteiger partial charge in [0, 0.05) is 12.1 Å². The van der Waals surface area contributed by atoms with E-state index in [0.29, 0.717) is 24.0 Å². The molecular weight excluding hydrogens is 262 g/mol. The molecule has 0 aromatic heterocycles. The minimum Gasteiger partial charge on any atom is -0.371 e. The second kappa shape index (κ2) is 6.12. The van der Waals surface area contributed by atoms with E-state index in [0.717, 1.165) is 13.1 Å². The Balaban J connectivity index is 1.84. The third-order valence-corrected chi connectivity index (χ3v) is 5.91. The van der Waals surface area contributed by atoms with Crippen LogP contribution in [-0.2, 0) is 9.53 Å². The van der Waals surface area contributed by atoms with Crippen molar-refractivity contribution < 1.29 is 9.53 Å². The fourth-order valence-corrected chi connectivity index (χ4v) is 4.87. The van der Waals surface area contributed by atoms with E-state index in [1.807, 2.05) is 11.8 Å². The third kappa shape index (κ3) is 2.77. The summed E-state index contributed by atoms with van der Waals surface area (Å²) < 4.78 is 6.47. The number of ether oxygens (including phenoxy) is 1. The lowest BCUT2D eigenvalue weighted by Crippen LogP contribution is -2.60. The predicted molar refractivity (Wildman–Crippen MR) is 84.0 cm³/mol. The highest BCUT2D eigenvalue weighted by molar-refractivity contribution is 5.92. The van der Waals surface area contributed by atoms with Gasteiger partial charge in [0.1, 0.15) is 0 Å². The standard InChI is InChI=1S/C18H29NO2/c1-14(2)17(20)19-11-12-21-18(13-19,15-7-3-4-8-15)16-9-5-6-10-16/h15-16H,1,3-13H2,2H3. The topological polar surface area (TPSA) is 29.5 Å². The van der Waals surface area contributed by atoms with Crippen LogP contribution in [0.15, 0.2) is 12.2 Å². The van der Waals surface area contributed by atoms with Crippen LogP contribution in [0.1, 0.15) is 58.3 Å². The quantitative estimate of drug-likeness (QED) is 0.744. The number of nitrogens with zero attached hydrogens (tertiary/aromatic N) is 1. The highest BCUT2D eigenvalue weighted by Crippen LogP contribution is 2.48. The van der Waals surface area contributed by atoms with Crippen molar-refractivity contribution in [3.8, 4) is 0 Å². The summed E-state index contributed by atoms with van der Waals surface area (Å²) in [6.45, 7) is 7.89. The molecule has 0 aromatic rings. The summed E-state index contributed by atoms with van der Waals surface area (Å²) in [6.07, 6.45) is 10.5. The summed E-state index contributed by atoms with van der Waals surface area (Å²) in [7, 11) is 0. The largest absolute Gasteiger partial charge is 0.371 e. The Labute approximate surface area is 128 Å². The normalized spacial score (nSPS) is 27.2. The average molecular weight is 291 g/mol. The summed E-state index contributed by atoms with van der Waals surface area (Å²) in [5.74, 6) is 1.43. The number of hydrogen-bond donors (Lipinski definition) is 0. The van der Waals surface area contributed by atoms with Crippen LogP contribution in [0.3, 0.4) is 0 Å². The highest BCUT2D eigenvalue weighted by Gasteiger charge is 2.51. The van der Waals surface area contributed by atoms with Crippen LogP contribution in [-0.4, -0.2) is 36.1 Å². The first-order chi connectivity index (χ1) is 10.1. The van der Waals surface area contributed by atoms with Crippen LogP contribution in [0.4, 0.5) is 0 Å². The van der Waals surface area contributed by atoms with Gasteiger partial charge in [0.05, 0.1) is 18.8 Å². The van der Waals surface area contributed by atoms with Gasteiger partial charge in [-0.3, -0.25) is 4.79 Å². The van der Waals surface area contributed by atoms with Crippen LogP contribution in [0.5, 0.6) is 0 Å². The first-order valence-corrected chi connectivity index (χ1v) is 8.72. The predicted octanol–water partition coefficient (Wildman–Crippen LogP) is 3.54. The van der Waals surface area contributed by atoms with Crippen molar-refractivity contribution in [2.75, 3.05) is 19.7 Å². The summed E-state index contributed by atoms with van der Waals surface area (Å²) in [5.41, 5.74) is 0.597. The average Bonchev–Trinajstić information content (AvgIpc) is 3.19. The van der Waals surface area contributed by atoms with Gasteiger partial charge in [-0.05, 0) is 44.4 Å². The van der Waals surface area contributed by atoms with Gasteiger partial charge < -0.3 is 9.64 Å². The first-order valence-electron chi connectivity index (χ1n) is 8.72. The van der Waals surface area contributed by atoms with Crippen molar-refractivity contribution >= 4 is 5.91 Å². The van der Waals surface area contributed by atoms with Gasteiger partial charge in [-0.2, -0.15) is 0 Å². The molecule has 1 heterocycles. The zero-order valence-corrected chi connectivity index (χ0v) is 13.4. The van der Waals surface area contributed by atoms with Crippen LogP contribution in [0.2, 0.25) is 0 Å². The molecule has 3 heteroatoms. The Morgan fingerprint density at radius 3 is 2.10 bits per heavy atom. The molecule has 1 saturated heterocycles. The van der Waals surface area contributed by atoms with Crippen molar-refractivity contribution in [3.05, 3.63) is 12.2 Å². The lowest BCUT2D eigenvalue weighted by atomic mass is 9.73. The molecule has 3 aliphatic rings. The molecule has 0 radical (unpaired) electrons. The van der Waals surface area contributed by atoms with E-state index in [4.69, 9.17) is 4.74 Å². The van der Waals surface area contributed by atoms with Crippen molar-refractivity contribution in [3.63, 3.8) is 0 Å². The number of hydrogen-bond acceptors (Lipinski definition) is 2. The molecule has 0 unspecified atom stereocenters. The van der Waals surface area contributed by atoms with Crippen molar-refractivity contribution in [2.24, 2.45) is 11.8 Å². The Bertz CT molecular complexity index is 389. The maximum Gasteiger partial charge on any atom is 0.249 e. The maximum absolute atomic E-state index is 12.4. The van der Waals surface area contributed by atoms with E-state index in [-0.39, 0.29) is 11.5 Å². The second-order valence-electron chi connectivity index (χ2n) is 7.27. The molecule has 2 aliphatic carbocycles. The van der Waals surface area contributed by atoms with Crippen molar-refractivity contribution in [1.29, 1.82) is 0 Å². The molecule has 1 amide bonds. The Hall–Kier alpha value is -0.830. The molecule has 0 bridgehead atoms. The van der Waals surface area contributed by atoms with Gasteiger partial charge in [-0.1, -0.05) is 32.3 Å². The Kier molecular flexibility index (Phi) is 4.39. The fraction of sp³-hybridized carbons (Fsp3) is 0.833. The zero-order chi connectivity index (χ0) is 14.9. The smallest absolute Gasteiger partial charge is 0.249 e. The minimum atomic E-state index is -0.0592. The summed E-state index contributed by atoms with van der Waals surface area (Å²) in [5, 5.41) is 0. The molecule has 0 aromatic carbocycles. The Morgan fingerprint density at radius 2 is 1.62 bits per heavy atom. The second-order valence-corrected chi connectivity index (χ2v) is 7.27. The van der Waals surface area contributed by atoms with Crippen LogP contribution in [0.25, 0.3) is 0 Å². The molecule has 0 spiro atoms. The SMILES string of the molecule is C=C(C)C(=O)N1CCOC(C2CCCC2)(C2CCCC2)C1. The maximum atomic E-state index is 12.4. The fourth-order valence-electron chi connectivity index (χ4n) is 4.87. The van der Waals surface area contributed by atoms with Gasteiger partial charge >= 0.3 is 0 Å². The molecule has 3 fully saturated rings. The molecule has 1 aliphatic heterocycles. The van der Waals surface area contributed by atoms with E-state index in [9.17, 15) is 4.79 Å². The van der Waals surface area contributed by atoms with E-state index in [2.05, 4.69) is 6.58 Å². The number of rotatable bonds is 3. The molecule has 2 saturated carbocycles. The van der Waals surface area contributed by atoms with Gasteiger partial charge in [0.25, 0.3) is 0 Å². The van der Waals surface area contributed by atoms with E-state index in [1.165, 1.54) is 51.4 Å². The molecule has 118 valence electrons. The van der Waals surface area contributed by atoms with Crippen LogP contribution in [0, 0.1) is 11.8 Å². The number of carbonyl (C=O) groups excluding carboxylic acids is 1. The molecule has 3 nitrogen and oxygen atoms in total. The lowest BCUT2D eigenvalue weighted by molar-refractivity contribution is -0.178. The lowest BCUT2D eigenvalue weighted by Gasteiger charge is -2.50. The molecule has 21 heavy (non-hydrogen) atoms. The van der Waals surface area contributed by atoms with Gasteiger partial charge in [0.2, 0.25) is 5.91 Å². The monoisotopic (exact) mass is 291 g/mol. The number of carbonyl (C=O) groups is 1. The molecule has 0 atom stereocenters. The number of morpholine rings is 1. The summed E-state index contributed by atoms with van der Waals surface area (Å²) in [4.78, 5) is 14.4. The molecule has 3 rings (SSSR count). The Morgan fingerprint density at radius 1 is 1.10 bits per heavy atom. The van der Waals surface area contributed by atoms with Crippen LogP contribution < -0.4 is 0 Å². The summed E-state index contributed by atoms with van der Waals surface area (Å²) >= 11 is 0. The van der Waals surface area contributed by atoms with E-state index < -0.39 is 0 Å². The zero-order valence-electron chi connectivity index (χ0n) is 13.4. The van der Waals surface area contributed by atoms with Gasteiger partial charge in [-0.15, -0.1) is 0 Å². The van der Waals surface area contributed by atoms with Gasteiger partial charge in [0.15, 0.2) is 0 Å². The molecule has 0 N–H and O–H groups in total. The molecular formula is C18H29NO2.